The standard InChI is InChI=1S/C25H28F3N3O/c26-25(27,28)21-7-5-18(6-8-21)24(32)29-14-22-13-19-10-11-30(22)15-20(19)16-31-12-9-17-3-1-2-4-23(17)31/h1-8,19-20,22H,9-16H2,(H,29,32)/t19-,20-,22+/m0/s1. The fourth-order valence-corrected chi connectivity index (χ4v) is 5.67. The monoisotopic (exact) mass is 443 g/mol. The lowest BCUT2D eigenvalue weighted by atomic mass is 9.75. The van der Waals surface area contributed by atoms with Crippen molar-refractivity contribution in [2.75, 3.05) is 37.6 Å². The van der Waals surface area contributed by atoms with Crippen molar-refractivity contribution in [3.05, 3.63) is 65.2 Å². The molecule has 4 heterocycles. The number of nitrogens with zero attached hydrogens (tertiary/aromatic N) is 2. The van der Waals surface area contributed by atoms with Gasteiger partial charge in [0.25, 0.3) is 5.91 Å². The molecule has 3 fully saturated rings. The Labute approximate surface area is 186 Å². The summed E-state index contributed by atoms with van der Waals surface area (Å²) in [6, 6.07) is 13.4. The van der Waals surface area contributed by atoms with E-state index in [9.17, 15) is 18.0 Å². The summed E-state index contributed by atoms with van der Waals surface area (Å²) in [6.45, 7) is 4.82. The maximum absolute atomic E-state index is 12.7. The van der Waals surface area contributed by atoms with E-state index in [1.807, 2.05) is 0 Å². The zero-order valence-corrected chi connectivity index (χ0v) is 17.9. The van der Waals surface area contributed by atoms with Crippen molar-refractivity contribution in [1.29, 1.82) is 0 Å². The van der Waals surface area contributed by atoms with Crippen LogP contribution in [0, 0.1) is 11.8 Å². The van der Waals surface area contributed by atoms with Gasteiger partial charge in [0.2, 0.25) is 0 Å². The molecule has 1 N–H and O–H groups in total. The molecule has 4 nitrogen and oxygen atoms in total. The highest BCUT2D eigenvalue weighted by Crippen LogP contribution is 2.38. The predicted octanol–water partition coefficient (Wildman–Crippen LogP) is 4.21. The number of hydrogen-bond donors (Lipinski definition) is 1. The van der Waals surface area contributed by atoms with Crippen molar-refractivity contribution < 1.29 is 18.0 Å². The van der Waals surface area contributed by atoms with Crippen LogP contribution in [0.25, 0.3) is 0 Å². The van der Waals surface area contributed by atoms with E-state index >= 15 is 0 Å². The highest BCUT2D eigenvalue weighted by Gasteiger charge is 2.41. The first-order valence-corrected chi connectivity index (χ1v) is 11.4. The van der Waals surface area contributed by atoms with Gasteiger partial charge < -0.3 is 10.2 Å². The van der Waals surface area contributed by atoms with Crippen LogP contribution in [-0.2, 0) is 12.6 Å². The van der Waals surface area contributed by atoms with Gasteiger partial charge >= 0.3 is 6.18 Å². The minimum atomic E-state index is -4.39. The van der Waals surface area contributed by atoms with Gasteiger partial charge in [-0.15, -0.1) is 0 Å². The second-order valence-electron chi connectivity index (χ2n) is 9.30. The van der Waals surface area contributed by atoms with Crippen molar-refractivity contribution in [3.63, 3.8) is 0 Å². The first-order chi connectivity index (χ1) is 15.4. The Morgan fingerprint density at radius 3 is 2.56 bits per heavy atom. The minimum absolute atomic E-state index is 0.263. The Bertz CT molecular complexity index is 975. The van der Waals surface area contributed by atoms with Crippen LogP contribution in [-0.4, -0.2) is 49.6 Å². The normalized spacial score (nSPS) is 26.8. The topological polar surface area (TPSA) is 35.6 Å². The van der Waals surface area contributed by atoms with E-state index in [2.05, 4.69) is 39.4 Å². The van der Waals surface area contributed by atoms with Crippen LogP contribution in [0.3, 0.4) is 0 Å². The molecule has 2 bridgehead atoms. The molecule has 2 aromatic carbocycles. The molecular weight excluding hydrogens is 415 g/mol. The molecule has 0 aliphatic carbocycles. The molecule has 2 aromatic rings. The maximum Gasteiger partial charge on any atom is 0.416 e. The smallest absolute Gasteiger partial charge is 0.371 e. The number of carbonyl (C=O) groups excluding carboxylic acids is 1. The number of para-hydroxylation sites is 1. The van der Waals surface area contributed by atoms with E-state index in [-0.39, 0.29) is 11.5 Å². The Morgan fingerprint density at radius 1 is 1.06 bits per heavy atom. The van der Waals surface area contributed by atoms with Crippen LogP contribution in [0.15, 0.2) is 48.5 Å². The van der Waals surface area contributed by atoms with Gasteiger partial charge in [0, 0.05) is 43.5 Å². The predicted molar refractivity (Wildman–Crippen MR) is 118 cm³/mol. The fraction of sp³-hybridized carbons (Fsp3) is 0.480. The molecule has 6 rings (SSSR count). The summed E-state index contributed by atoms with van der Waals surface area (Å²) in [5.41, 5.74) is 2.35. The van der Waals surface area contributed by atoms with Gasteiger partial charge in [0.05, 0.1) is 5.56 Å². The van der Waals surface area contributed by atoms with Gasteiger partial charge in [-0.25, -0.2) is 0 Å². The van der Waals surface area contributed by atoms with Crippen LogP contribution in [0.4, 0.5) is 18.9 Å². The molecule has 1 unspecified atom stereocenters. The number of fused-ring (bicyclic) bond motifs is 4. The Morgan fingerprint density at radius 2 is 1.84 bits per heavy atom. The van der Waals surface area contributed by atoms with Crippen molar-refractivity contribution in [2.24, 2.45) is 11.8 Å². The summed E-state index contributed by atoms with van der Waals surface area (Å²) >= 11 is 0. The first-order valence-electron chi connectivity index (χ1n) is 11.4. The first kappa shape index (κ1) is 21.3. The van der Waals surface area contributed by atoms with Gasteiger partial charge in [-0.3, -0.25) is 9.69 Å². The van der Waals surface area contributed by atoms with Gasteiger partial charge in [0.15, 0.2) is 0 Å². The number of alkyl halides is 3. The zero-order valence-electron chi connectivity index (χ0n) is 17.9. The highest BCUT2D eigenvalue weighted by atomic mass is 19.4. The molecule has 1 amide bonds. The highest BCUT2D eigenvalue weighted by molar-refractivity contribution is 5.94. The average Bonchev–Trinajstić information content (AvgIpc) is 3.20. The third-order valence-electron chi connectivity index (χ3n) is 7.42. The van der Waals surface area contributed by atoms with E-state index in [0.29, 0.717) is 24.4 Å². The van der Waals surface area contributed by atoms with Crippen molar-refractivity contribution in [3.8, 4) is 0 Å². The number of piperidine rings is 3. The molecule has 4 atom stereocenters. The van der Waals surface area contributed by atoms with Crippen LogP contribution in [0.1, 0.15) is 34.3 Å². The van der Waals surface area contributed by atoms with Gasteiger partial charge in [-0.1, -0.05) is 18.2 Å². The van der Waals surface area contributed by atoms with Crippen molar-refractivity contribution in [2.45, 2.75) is 31.5 Å². The number of amides is 1. The number of anilines is 1. The molecule has 0 radical (unpaired) electrons. The summed E-state index contributed by atoms with van der Waals surface area (Å²) in [5, 5.41) is 2.94. The Balaban J connectivity index is 1.15. The molecule has 0 aromatic heterocycles. The number of nitrogens with one attached hydrogen (secondary N) is 1. The van der Waals surface area contributed by atoms with Crippen molar-refractivity contribution >= 4 is 11.6 Å². The van der Waals surface area contributed by atoms with Crippen LogP contribution >= 0.6 is 0 Å². The molecule has 4 aliphatic rings. The summed E-state index contributed by atoms with van der Waals surface area (Å²) in [7, 11) is 0. The number of rotatable bonds is 5. The summed E-state index contributed by atoms with van der Waals surface area (Å²) in [5.74, 6) is 0.976. The third-order valence-corrected chi connectivity index (χ3v) is 7.42. The van der Waals surface area contributed by atoms with Crippen LogP contribution in [0.2, 0.25) is 0 Å². The molecule has 3 saturated heterocycles. The largest absolute Gasteiger partial charge is 0.416 e. The quantitative estimate of drug-likeness (QED) is 0.752. The SMILES string of the molecule is O=C(NC[C@H]1C[C@@H]2CCN1C[C@H]2CN1CCc2ccccc21)c1ccc(C(F)(F)F)cc1. The lowest BCUT2D eigenvalue weighted by Crippen LogP contribution is -2.58. The molecular formula is C25H28F3N3O. The molecule has 0 spiro atoms. The van der Waals surface area contributed by atoms with E-state index in [1.165, 1.54) is 29.8 Å². The maximum atomic E-state index is 12.7. The van der Waals surface area contributed by atoms with Crippen molar-refractivity contribution in [1.82, 2.24) is 10.2 Å². The van der Waals surface area contributed by atoms with Crippen LogP contribution < -0.4 is 10.2 Å². The van der Waals surface area contributed by atoms with Gasteiger partial charge in [-0.2, -0.15) is 13.2 Å². The van der Waals surface area contributed by atoms with Gasteiger partial charge in [0.1, 0.15) is 0 Å². The summed E-state index contributed by atoms with van der Waals surface area (Å²) in [6.07, 6.45) is -1.01. The lowest BCUT2D eigenvalue weighted by molar-refractivity contribution is -0.137. The Kier molecular flexibility index (Phi) is 5.61. The minimum Gasteiger partial charge on any atom is -0.371 e. The second-order valence-corrected chi connectivity index (χ2v) is 9.30. The summed E-state index contributed by atoms with van der Waals surface area (Å²) in [4.78, 5) is 17.5. The van der Waals surface area contributed by atoms with E-state index in [1.54, 1.807) is 0 Å². The third kappa shape index (κ3) is 4.22. The number of hydrogen-bond acceptors (Lipinski definition) is 3. The van der Waals surface area contributed by atoms with E-state index in [0.717, 1.165) is 51.2 Å². The van der Waals surface area contributed by atoms with Gasteiger partial charge in [-0.05, 0) is 73.5 Å². The number of halogens is 3. The average molecular weight is 444 g/mol. The fourth-order valence-electron chi connectivity index (χ4n) is 5.67. The molecule has 7 heteroatoms. The Hall–Kier alpha value is -2.54. The molecule has 0 saturated carbocycles. The zero-order chi connectivity index (χ0) is 22.3. The number of benzene rings is 2. The molecule has 170 valence electrons. The van der Waals surface area contributed by atoms with E-state index < -0.39 is 11.7 Å². The van der Waals surface area contributed by atoms with Crippen LogP contribution in [0.5, 0.6) is 0 Å². The molecule has 4 aliphatic heterocycles. The second kappa shape index (κ2) is 8.43. The summed E-state index contributed by atoms with van der Waals surface area (Å²) < 4.78 is 38.2. The van der Waals surface area contributed by atoms with E-state index in [4.69, 9.17) is 0 Å². The number of carbonyl (C=O) groups is 1. The lowest BCUT2D eigenvalue weighted by Gasteiger charge is -2.51. The molecule has 32 heavy (non-hydrogen) atoms.